The number of carbonyl (C=O) groups is 2. The number of nitrogens with zero attached hydrogens (tertiary/aromatic N) is 1. The number of amides is 2. The van der Waals surface area contributed by atoms with Crippen molar-refractivity contribution in [2.24, 2.45) is 5.73 Å². The summed E-state index contributed by atoms with van der Waals surface area (Å²) >= 11 is 0. The van der Waals surface area contributed by atoms with E-state index in [1.165, 1.54) is 6.08 Å². The van der Waals surface area contributed by atoms with E-state index in [2.05, 4.69) is 5.32 Å². The molecular formula is C21H30F3N3O2. The molecule has 0 saturated heterocycles. The van der Waals surface area contributed by atoms with Gasteiger partial charge in [-0.15, -0.1) is 0 Å². The van der Waals surface area contributed by atoms with Gasteiger partial charge in [0.2, 0.25) is 5.91 Å². The second-order valence-electron chi connectivity index (χ2n) is 7.07. The lowest BCUT2D eigenvalue weighted by Crippen LogP contribution is -2.46. The highest BCUT2D eigenvalue weighted by Gasteiger charge is 2.43. The van der Waals surface area contributed by atoms with Gasteiger partial charge in [0.15, 0.2) is 0 Å². The number of alkyl halides is 3. The summed E-state index contributed by atoms with van der Waals surface area (Å²) in [7, 11) is 0. The lowest BCUT2D eigenvalue weighted by molar-refractivity contribution is -0.187. The van der Waals surface area contributed by atoms with E-state index in [9.17, 15) is 22.8 Å². The Hall–Kier alpha value is -2.35. The molecule has 0 aliphatic heterocycles. The van der Waals surface area contributed by atoms with Crippen LogP contribution in [-0.2, 0) is 16.0 Å². The van der Waals surface area contributed by atoms with Crippen LogP contribution in [0.3, 0.4) is 0 Å². The molecule has 0 spiro atoms. The van der Waals surface area contributed by atoms with Crippen LogP contribution in [0.4, 0.5) is 13.2 Å². The molecule has 0 radical (unpaired) electrons. The maximum Gasteiger partial charge on any atom is 0.471 e. The van der Waals surface area contributed by atoms with Crippen molar-refractivity contribution in [3.8, 4) is 0 Å². The van der Waals surface area contributed by atoms with Crippen LogP contribution in [-0.4, -0.2) is 47.6 Å². The van der Waals surface area contributed by atoms with Crippen LogP contribution in [0.1, 0.15) is 39.2 Å². The fourth-order valence-corrected chi connectivity index (χ4v) is 2.68. The minimum atomic E-state index is -4.92. The third-order valence-electron chi connectivity index (χ3n) is 4.62. The molecule has 0 aromatic heterocycles. The molecule has 1 rings (SSSR count). The average Bonchev–Trinajstić information content (AvgIpc) is 2.68. The molecule has 1 aromatic carbocycles. The van der Waals surface area contributed by atoms with Gasteiger partial charge >= 0.3 is 12.1 Å². The summed E-state index contributed by atoms with van der Waals surface area (Å²) in [5, 5.41) is 2.79. The number of nitrogens with two attached hydrogens (primary N) is 1. The third kappa shape index (κ3) is 8.68. The van der Waals surface area contributed by atoms with E-state index < -0.39 is 30.2 Å². The summed E-state index contributed by atoms with van der Waals surface area (Å²) in [6.45, 7) is 4.65. The van der Waals surface area contributed by atoms with E-state index in [0.29, 0.717) is 19.3 Å². The zero-order chi connectivity index (χ0) is 22.0. The van der Waals surface area contributed by atoms with Crippen LogP contribution in [0.2, 0.25) is 0 Å². The second kappa shape index (κ2) is 11.6. The van der Waals surface area contributed by atoms with Gasteiger partial charge in [0.1, 0.15) is 0 Å². The highest BCUT2D eigenvalue weighted by molar-refractivity contribution is 5.82. The van der Waals surface area contributed by atoms with Crippen molar-refractivity contribution in [3.63, 3.8) is 0 Å². The van der Waals surface area contributed by atoms with Crippen molar-refractivity contribution in [1.29, 1.82) is 0 Å². The standard InChI is InChI=1S/C21H30F3N3O2/c1-4-15(2)27(20(29)21(22,23)24)14-8-11-18(26-19(28)16(3)25)13-12-17-9-6-5-7-10-17/h5-11,15-16,18H,4,12-14,25H2,1-3H3,(H,26,28)/b11-8+/t15?,16-,18+/m0/s1. The lowest BCUT2D eigenvalue weighted by Gasteiger charge is -2.28. The SMILES string of the molecule is CCC(C)N(C/C=C/[C@H](CCc1ccccc1)NC(=O)[C@H](C)N)C(=O)C(F)(F)F. The van der Waals surface area contributed by atoms with Crippen molar-refractivity contribution < 1.29 is 22.8 Å². The van der Waals surface area contributed by atoms with E-state index in [1.807, 2.05) is 30.3 Å². The molecule has 0 saturated carbocycles. The molecule has 3 N–H and O–H groups in total. The summed E-state index contributed by atoms with van der Waals surface area (Å²) in [5.74, 6) is -2.21. The summed E-state index contributed by atoms with van der Waals surface area (Å²) in [4.78, 5) is 24.5. The molecule has 8 heteroatoms. The monoisotopic (exact) mass is 413 g/mol. The summed E-state index contributed by atoms with van der Waals surface area (Å²) in [6.07, 6.45) is -0.183. The number of hydrogen-bond donors (Lipinski definition) is 2. The van der Waals surface area contributed by atoms with Crippen LogP contribution in [0.15, 0.2) is 42.5 Å². The normalized spacial score (nSPS) is 15.0. The van der Waals surface area contributed by atoms with Gasteiger partial charge in [0, 0.05) is 18.6 Å². The maximum absolute atomic E-state index is 12.9. The second-order valence-corrected chi connectivity index (χ2v) is 7.07. The van der Waals surface area contributed by atoms with Gasteiger partial charge in [-0.1, -0.05) is 49.4 Å². The fourth-order valence-electron chi connectivity index (χ4n) is 2.68. The van der Waals surface area contributed by atoms with Crippen molar-refractivity contribution in [1.82, 2.24) is 10.2 Å². The highest BCUT2D eigenvalue weighted by Crippen LogP contribution is 2.21. The number of aryl methyl sites for hydroxylation is 1. The molecule has 29 heavy (non-hydrogen) atoms. The van der Waals surface area contributed by atoms with Crippen LogP contribution in [0.25, 0.3) is 0 Å². The first-order valence-electron chi connectivity index (χ1n) is 9.70. The average molecular weight is 413 g/mol. The molecule has 5 nitrogen and oxygen atoms in total. The summed E-state index contributed by atoms with van der Waals surface area (Å²) < 4.78 is 38.6. The van der Waals surface area contributed by atoms with E-state index >= 15 is 0 Å². The summed E-state index contributed by atoms with van der Waals surface area (Å²) in [6, 6.07) is 7.97. The third-order valence-corrected chi connectivity index (χ3v) is 4.62. The van der Waals surface area contributed by atoms with E-state index in [0.717, 1.165) is 10.5 Å². The van der Waals surface area contributed by atoms with Crippen LogP contribution < -0.4 is 11.1 Å². The topological polar surface area (TPSA) is 75.4 Å². The van der Waals surface area contributed by atoms with E-state index in [-0.39, 0.29) is 12.5 Å². The zero-order valence-electron chi connectivity index (χ0n) is 17.1. The van der Waals surface area contributed by atoms with Crippen molar-refractivity contribution in [3.05, 3.63) is 48.0 Å². The number of nitrogens with one attached hydrogen (secondary N) is 1. The number of rotatable bonds is 10. The number of benzene rings is 1. The number of hydrogen-bond acceptors (Lipinski definition) is 3. The maximum atomic E-state index is 12.9. The first-order chi connectivity index (χ1) is 13.6. The molecular weight excluding hydrogens is 383 g/mol. The molecule has 0 heterocycles. The predicted molar refractivity (Wildman–Crippen MR) is 107 cm³/mol. The quantitative estimate of drug-likeness (QED) is 0.579. The Morgan fingerprint density at radius 2 is 1.83 bits per heavy atom. The van der Waals surface area contributed by atoms with Gasteiger partial charge in [0.05, 0.1) is 6.04 Å². The Balaban J connectivity index is 2.86. The molecule has 1 unspecified atom stereocenters. The van der Waals surface area contributed by atoms with Crippen molar-refractivity contribution in [2.75, 3.05) is 6.54 Å². The van der Waals surface area contributed by atoms with Gasteiger partial charge in [-0.2, -0.15) is 13.2 Å². The zero-order valence-corrected chi connectivity index (χ0v) is 17.1. The number of halogens is 3. The van der Waals surface area contributed by atoms with Crippen LogP contribution in [0, 0.1) is 0 Å². The first kappa shape index (κ1) is 24.7. The molecule has 0 bridgehead atoms. The molecule has 0 aliphatic rings. The summed E-state index contributed by atoms with van der Waals surface area (Å²) in [5.41, 5.74) is 6.68. The molecule has 0 aliphatic carbocycles. The van der Waals surface area contributed by atoms with Crippen LogP contribution in [0.5, 0.6) is 0 Å². The molecule has 2 amide bonds. The van der Waals surface area contributed by atoms with E-state index in [4.69, 9.17) is 5.73 Å². The Morgan fingerprint density at radius 3 is 2.34 bits per heavy atom. The Kier molecular flexibility index (Phi) is 9.88. The molecule has 3 atom stereocenters. The van der Waals surface area contributed by atoms with Crippen molar-refractivity contribution >= 4 is 11.8 Å². The Labute approximate surface area is 170 Å². The van der Waals surface area contributed by atoms with E-state index in [1.54, 1.807) is 26.8 Å². The van der Waals surface area contributed by atoms with Crippen LogP contribution >= 0.6 is 0 Å². The molecule has 0 fully saturated rings. The Bertz CT molecular complexity index is 675. The smallest absolute Gasteiger partial charge is 0.349 e. The van der Waals surface area contributed by atoms with Gasteiger partial charge in [-0.3, -0.25) is 9.59 Å². The Morgan fingerprint density at radius 1 is 1.21 bits per heavy atom. The first-order valence-corrected chi connectivity index (χ1v) is 9.70. The van der Waals surface area contributed by atoms with Crippen molar-refractivity contribution in [2.45, 2.75) is 64.3 Å². The van der Waals surface area contributed by atoms with Gasteiger partial charge < -0.3 is 16.0 Å². The minimum Gasteiger partial charge on any atom is -0.349 e. The minimum absolute atomic E-state index is 0.191. The van der Waals surface area contributed by atoms with Gasteiger partial charge in [0.25, 0.3) is 0 Å². The molecule has 1 aromatic rings. The van der Waals surface area contributed by atoms with Gasteiger partial charge in [-0.25, -0.2) is 0 Å². The number of carbonyl (C=O) groups excluding carboxylic acids is 2. The molecule has 162 valence electrons. The largest absolute Gasteiger partial charge is 0.471 e. The van der Waals surface area contributed by atoms with Gasteiger partial charge in [-0.05, 0) is 38.7 Å². The lowest BCUT2D eigenvalue weighted by atomic mass is 10.0. The fraction of sp³-hybridized carbons (Fsp3) is 0.524. The predicted octanol–water partition coefficient (Wildman–Crippen LogP) is 3.20. The highest BCUT2D eigenvalue weighted by atomic mass is 19.4.